The van der Waals surface area contributed by atoms with Crippen molar-refractivity contribution in [3.8, 4) is 0 Å². The first-order valence-electron chi connectivity index (χ1n) is 11.0. The average molecular weight is 427 g/mol. The summed E-state index contributed by atoms with van der Waals surface area (Å²) < 4.78 is 5.63. The summed E-state index contributed by atoms with van der Waals surface area (Å²) in [6.45, 7) is 14.4. The molecule has 2 aromatic carbocycles. The van der Waals surface area contributed by atoms with Gasteiger partial charge in [-0.3, -0.25) is 4.79 Å². The molecule has 0 radical (unpaired) electrons. The fraction of sp³-hybridized carbons (Fsp3) is 0.500. The van der Waals surface area contributed by atoms with Crippen LogP contribution in [-0.2, 0) is 9.53 Å². The van der Waals surface area contributed by atoms with E-state index in [2.05, 4.69) is 27.7 Å². The zero-order valence-electron chi connectivity index (χ0n) is 19.6. The Morgan fingerprint density at radius 2 is 1.37 bits per heavy atom. The smallest absolute Gasteiger partial charge is 0.309 e. The first kappa shape index (κ1) is 24.4. The maximum absolute atomic E-state index is 12.8. The van der Waals surface area contributed by atoms with E-state index < -0.39 is 13.4 Å². The van der Waals surface area contributed by atoms with Gasteiger partial charge in [-0.2, -0.15) is 0 Å². The van der Waals surface area contributed by atoms with Gasteiger partial charge in [0.25, 0.3) is 8.32 Å². The van der Waals surface area contributed by atoms with E-state index in [0.717, 1.165) is 16.8 Å². The van der Waals surface area contributed by atoms with E-state index in [0.29, 0.717) is 6.42 Å². The van der Waals surface area contributed by atoms with Crippen LogP contribution in [0, 0.1) is 11.3 Å². The number of hydrogen-bond acceptors (Lipinski definition) is 3. The van der Waals surface area contributed by atoms with E-state index in [4.69, 9.17) is 4.74 Å². The quantitative estimate of drug-likeness (QED) is 0.458. The van der Waals surface area contributed by atoms with E-state index in [1.165, 1.54) is 0 Å². The van der Waals surface area contributed by atoms with Crippen molar-refractivity contribution in [1.82, 2.24) is 0 Å². The van der Waals surface area contributed by atoms with Gasteiger partial charge in [-0.1, -0.05) is 102 Å². The summed E-state index contributed by atoms with van der Waals surface area (Å²) in [5.41, 5.74) is -0.335. The lowest BCUT2D eigenvalue weighted by atomic mass is 9.74. The second-order valence-corrected chi connectivity index (χ2v) is 13.8. The van der Waals surface area contributed by atoms with Gasteiger partial charge in [0, 0.05) is 0 Å². The van der Waals surface area contributed by atoms with Gasteiger partial charge >= 0.3 is 5.97 Å². The molecule has 2 rings (SSSR count). The predicted octanol–water partition coefficient (Wildman–Crippen LogP) is 4.91. The Balaban J connectivity index is 2.43. The van der Waals surface area contributed by atoms with Gasteiger partial charge in [-0.05, 0) is 40.6 Å². The summed E-state index contributed by atoms with van der Waals surface area (Å²) in [7, 11) is -3.11. The largest absolute Gasteiger partial charge is 0.462 e. The van der Waals surface area contributed by atoms with Crippen LogP contribution in [0.1, 0.15) is 61.3 Å². The first-order valence-corrected chi connectivity index (χ1v) is 12.9. The van der Waals surface area contributed by atoms with Crippen molar-refractivity contribution in [3.05, 3.63) is 60.7 Å². The van der Waals surface area contributed by atoms with E-state index in [-0.39, 0.29) is 23.4 Å². The van der Waals surface area contributed by atoms with Gasteiger partial charge in [0.1, 0.15) is 0 Å². The highest BCUT2D eigenvalue weighted by Crippen LogP contribution is 2.48. The van der Waals surface area contributed by atoms with E-state index in [1.807, 2.05) is 81.4 Å². The Bertz CT molecular complexity index is 775. The Labute approximate surface area is 183 Å². The summed E-state index contributed by atoms with van der Waals surface area (Å²) in [6, 6.07) is 20.1. The maximum Gasteiger partial charge on any atom is 0.309 e. The molecule has 2 atom stereocenters. The molecule has 0 aromatic heterocycles. The third-order valence-corrected chi connectivity index (χ3v) is 11.2. The lowest BCUT2D eigenvalue weighted by Gasteiger charge is -2.46. The van der Waals surface area contributed by atoms with Gasteiger partial charge in [-0.15, -0.1) is 0 Å². The topological polar surface area (TPSA) is 46.5 Å². The number of carbonyl (C=O) groups is 1. The van der Waals surface area contributed by atoms with Gasteiger partial charge in [0.05, 0.1) is 12.0 Å². The summed E-state index contributed by atoms with van der Waals surface area (Å²) >= 11 is 0. The normalized spacial score (nSPS) is 14.8. The molecule has 164 valence electrons. The van der Waals surface area contributed by atoms with Crippen molar-refractivity contribution < 1.29 is 14.3 Å². The molecule has 0 saturated carbocycles. The lowest BCUT2D eigenvalue weighted by molar-refractivity contribution is -0.157. The zero-order valence-corrected chi connectivity index (χ0v) is 20.6. The minimum Gasteiger partial charge on any atom is -0.462 e. The number of carbonyl (C=O) groups excluding carboxylic acids is 1. The molecule has 1 N–H and O–H groups in total. The SMILES string of the molecule is CCC(C)OC(=O)[C@H](C)C(C)(C)CC(C)(C)[Si](O)(c1ccccc1)c1ccccc1. The minimum atomic E-state index is -3.11. The van der Waals surface area contributed by atoms with Crippen molar-refractivity contribution in [3.63, 3.8) is 0 Å². The second-order valence-electron chi connectivity index (χ2n) is 9.87. The van der Waals surface area contributed by atoms with Gasteiger partial charge in [-0.25, -0.2) is 0 Å². The van der Waals surface area contributed by atoms with Gasteiger partial charge < -0.3 is 9.53 Å². The van der Waals surface area contributed by atoms with Crippen molar-refractivity contribution >= 4 is 24.7 Å². The highest BCUT2D eigenvalue weighted by atomic mass is 28.4. The standard InChI is InChI=1S/C26H38O3Si/c1-8-20(2)29-24(27)21(3)25(4,5)19-26(6,7)30(28,22-15-11-9-12-16-22)23-17-13-10-14-18-23/h9-18,20-21,28H,8,19H2,1-7H3/t20?,21-/m0/s1. The first-order chi connectivity index (χ1) is 14.0. The molecule has 0 aliphatic rings. The number of esters is 1. The molecule has 1 unspecified atom stereocenters. The number of hydrogen-bond donors (Lipinski definition) is 1. The van der Waals surface area contributed by atoms with Crippen molar-refractivity contribution in [2.24, 2.45) is 11.3 Å². The van der Waals surface area contributed by atoms with E-state index >= 15 is 0 Å². The molecule has 2 aromatic rings. The lowest BCUT2D eigenvalue weighted by Crippen LogP contribution is -2.66. The van der Waals surface area contributed by atoms with Crippen LogP contribution in [0.5, 0.6) is 0 Å². The van der Waals surface area contributed by atoms with Crippen LogP contribution in [0.15, 0.2) is 60.7 Å². The predicted molar refractivity (Wildman–Crippen MR) is 128 cm³/mol. The molecule has 0 amide bonds. The molecule has 30 heavy (non-hydrogen) atoms. The van der Waals surface area contributed by atoms with Crippen molar-refractivity contribution in [2.45, 2.75) is 72.5 Å². The molecule has 0 spiro atoms. The summed E-state index contributed by atoms with van der Waals surface area (Å²) in [4.78, 5) is 25.1. The molecule has 0 aliphatic carbocycles. The number of benzene rings is 2. The fourth-order valence-electron chi connectivity index (χ4n) is 4.43. The van der Waals surface area contributed by atoms with Crippen LogP contribution in [-0.4, -0.2) is 25.2 Å². The monoisotopic (exact) mass is 426 g/mol. The van der Waals surface area contributed by atoms with Crippen LogP contribution in [0.4, 0.5) is 0 Å². The molecular formula is C26H38O3Si. The molecule has 0 aliphatic heterocycles. The molecule has 4 heteroatoms. The maximum atomic E-state index is 12.8. The Kier molecular flexibility index (Phi) is 7.70. The highest BCUT2D eigenvalue weighted by Gasteiger charge is 2.53. The van der Waals surface area contributed by atoms with Gasteiger partial charge in [0.2, 0.25) is 0 Å². The molecule has 0 bridgehead atoms. The van der Waals surface area contributed by atoms with Crippen LogP contribution >= 0.6 is 0 Å². The summed E-state index contributed by atoms with van der Waals surface area (Å²) in [5, 5.41) is 1.57. The van der Waals surface area contributed by atoms with Crippen LogP contribution < -0.4 is 10.4 Å². The Hall–Kier alpha value is -1.91. The van der Waals surface area contributed by atoms with E-state index in [1.54, 1.807) is 0 Å². The van der Waals surface area contributed by atoms with Crippen LogP contribution in [0.2, 0.25) is 5.04 Å². The third kappa shape index (κ3) is 5.04. The van der Waals surface area contributed by atoms with Crippen LogP contribution in [0.25, 0.3) is 0 Å². The third-order valence-electron chi connectivity index (χ3n) is 6.68. The molecule has 3 nitrogen and oxygen atoms in total. The van der Waals surface area contributed by atoms with Crippen molar-refractivity contribution in [1.29, 1.82) is 0 Å². The average Bonchev–Trinajstić information content (AvgIpc) is 2.72. The van der Waals surface area contributed by atoms with Gasteiger partial charge in [0.15, 0.2) is 0 Å². The van der Waals surface area contributed by atoms with Crippen molar-refractivity contribution in [2.75, 3.05) is 0 Å². The molecule has 0 saturated heterocycles. The minimum absolute atomic E-state index is 0.0799. The number of ether oxygens (including phenoxy) is 1. The summed E-state index contributed by atoms with van der Waals surface area (Å²) in [5.74, 6) is -0.426. The second kappa shape index (κ2) is 9.48. The Morgan fingerprint density at radius 3 is 1.77 bits per heavy atom. The van der Waals surface area contributed by atoms with E-state index in [9.17, 15) is 9.59 Å². The summed E-state index contributed by atoms with van der Waals surface area (Å²) in [6.07, 6.45) is 1.42. The molecule has 0 fully saturated rings. The molecule has 0 heterocycles. The zero-order chi connectivity index (χ0) is 22.6. The highest BCUT2D eigenvalue weighted by molar-refractivity contribution is 6.98. The fourth-order valence-corrected chi connectivity index (χ4v) is 8.39. The number of rotatable bonds is 9. The Morgan fingerprint density at radius 1 is 0.933 bits per heavy atom. The molecular weight excluding hydrogens is 388 g/mol. The van der Waals surface area contributed by atoms with Crippen LogP contribution in [0.3, 0.4) is 0 Å².